The van der Waals surface area contributed by atoms with Crippen LogP contribution in [-0.4, -0.2) is 64.7 Å². The van der Waals surface area contributed by atoms with Crippen LogP contribution >= 0.6 is 11.3 Å². The van der Waals surface area contributed by atoms with Crippen molar-refractivity contribution in [2.75, 3.05) is 32.7 Å². The monoisotopic (exact) mass is 518 g/mol. The molecule has 1 saturated heterocycles. The summed E-state index contributed by atoms with van der Waals surface area (Å²) in [4.78, 5) is 42.9. The smallest absolute Gasteiger partial charge is 0.264 e. The van der Waals surface area contributed by atoms with Gasteiger partial charge in [0, 0.05) is 42.1 Å². The normalized spacial score (nSPS) is 14.3. The summed E-state index contributed by atoms with van der Waals surface area (Å²) >= 11 is 1.49. The molecule has 0 atom stereocenters. The van der Waals surface area contributed by atoms with Gasteiger partial charge in [-0.15, -0.1) is 11.3 Å². The van der Waals surface area contributed by atoms with Crippen molar-refractivity contribution in [2.45, 2.75) is 13.5 Å². The van der Waals surface area contributed by atoms with E-state index in [0.29, 0.717) is 48.0 Å². The van der Waals surface area contributed by atoms with E-state index in [9.17, 15) is 18.8 Å². The summed E-state index contributed by atoms with van der Waals surface area (Å²) in [5.41, 5.74) is 7.04. The van der Waals surface area contributed by atoms with Crippen molar-refractivity contribution in [3.63, 3.8) is 0 Å². The number of halogens is 1. The van der Waals surface area contributed by atoms with Gasteiger partial charge in [-0.3, -0.25) is 19.3 Å². The molecule has 0 unspecified atom stereocenters. The number of piperazine rings is 1. The lowest BCUT2D eigenvalue weighted by Crippen LogP contribution is -2.49. The van der Waals surface area contributed by atoms with Gasteiger partial charge in [-0.1, -0.05) is 36.4 Å². The molecule has 37 heavy (non-hydrogen) atoms. The van der Waals surface area contributed by atoms with E-state index in [1.165, 1.54) is 23.5 Å². The van der Waals surface area contributed by atoms with Crippen molar-refractivity contribution < 1.29 is 18.8 Å². The van der Waals surface area contributed by atoms with Gasteiger partial charge >= 0.3 is 0 Å². The highest BCUT2D eigenvalue weighted by atomic mass is 32.1. The summed E-state index contributed by atoms with van der Waals surface area (Å²) in [6, 6.07) is 17.7. The largest absolute Gasteiger partial charge is 0.366 e. The van der Waals surface area contributed by atoms with Crippen LogP contribution < -0.4 is 5.73 Å². The second kappa shape index (κ2) is 10.3. The fourth-order valence-corrected chi connectivity index (χ4v) is 5.79. The maximum absolute atomic E-state index is 14.3. The molecule has 2 aromatic heterocycles. The molecular formula is C28H27FN4O3S. The SMILES string of the molecule is Cc1c(C(N)=O)cc(C(=O)CN2CCN(C(=O)c3cc4ccccc4s3)CC2)n1Cc1ccccc1F. The molecule has 1 aliphatic rings. The van der Waals surface area contributed by atoms with Crippen molar-refractivity contribution >= 4 is 39.0 Å². The molecule has 3 heterocycles. The Labute approximate surface area is 217 Å². The van der Waals surface area contributed by atoms with E-state index in [-0.39, 0.29) is 36.2 Å². The molecule has 0 bridgehead atoms. The second-order valence-corrected chi connectivity index (χ2v) is 10.3. The zero-order valence-electron chi connectivity index (χ0n) is 20.4. The van der Waals surface area contributed by atoms with Crippen molar-refractivity contribution in [3.8, 4) is 0 Å². The first-order chi connectivity index (χ1) is 17.8. The van der Waals surface area contributed by atoms with Crippen LogP contribution in [0.15, 0.2) is 60.7 Å². The molecule has 2 aromatic carbocycles. The number of aromatic nitrogens is 1. The predicted molar refractivity (Wildman–Crippen MR) is 142 cm³/mol. The van der Waals surface area contributed by atoms with Gasteiger partial charge in [-0.05, 0) is 36.6 Å². The molecule has 1 aliphatic heterocycles. The van der Waals surface area contributed by atoms with E-state index in [1.54, 1.807) is 29.7 Å². The molecule has 2 amide bonds. The Bertz CT molecular complexity index is 1470. The van der Waals surface area contributed by atoms with Gasteiger partial charge in [0.1, 0.15) is 5.82 Å². The van der Waals surface area contributed by atoms with Crippen LogP contribution in [0.3, 0.4) is 0 Å². The fraction of sp³-hybridized carbons (Fsp3) is 0.250. The highest BCUT2D eigenvalue weighted by Crippen LogP contribution is 2.27. The number of carbonyl (C=O) groups is 3. The number of ketones is 1. The zero-order chi connectivity index (χ0) is 26.1. The molecule has 9 heteroatoms. The van der Waals surface area contributed by atoms with E-state index in [0.717, 1.165) is 10.1 Å². The molecule has 0 aliphatic carbocycles. The van der Waals surface area contributed by atoms with Crippen LogP contribution in [0.5, 0.6) is 0 Å². The van der Waals surface area contributed by atoms with Crippen LogP contribution in [0.25, 0.3) is 10.1 Å². The molecule has 0 saturated carbocycles. The number of benzene rings is 2. The average Bonchev–Trinajstić information content (AvgIpc) is 3.47. The van der Waals surface area contributed by atoms with E-state index in [2.05, 4.69) is 0 Å². The van der Waals surface area contributed by atoms with Gasteiger partial charge in [0.15, 0.2) is 5.78 Å². The Balaban J connectivity index is 1.27. The van der Waals surface area contributed by atoms with Crippen LogP contribution in [0.1, 0.15) is 41.8 Å². The van der Waals surface area contributed by atoms with Crippen LogP contribution in [0, 0.1) is 12.7 Å². The highest BCUT2D eigenvalue weighted by Gasteiger charge is 2.27. The third-order valence-electron chi connectivity index (χ3n) is 6.87. The number of hydrogen-bond acceptors (Lipinski definition) is 5. The van der Waals surface area contributed by atoms with E-state index in [1.807, 2.05) is 40.1 Å². The average molecular weight is 519 g/mol. The summed E-state index contributed by atoms with van der Waals surface area (Å²) < 4.78 is 17.1. The first-order valence-electron chi connectivity index (χ1n) is 12.1. The number of nitrogens with zero attached hydrogens (tertiary/aromatic N) is 3. The first-order valence-corrected chi connectivity index (χ1v) is 12.9. The maximum atomic E-state index is 14.3. The Hall–Kier alpha value is -3.82. The number of hydrogen-bond donors (Lipinski definition) is 1. The topological polar surface area (TPSA) is 88.6 Å². The molecule has 7 nitrogen and oxygen atoms in total. The summed E-state index contributed by atoms with van der Waals surface area (Å²) in [6.07, 6.45) is 0. The van der Waals surface area contributed by atoms with Crippen molar-refractivity contribution in [1.82, 2.24) is 14.4 Å². The van der Waals surface area contributed by atoms with Gasteiger partial charge in [0.2, 0.25) is 0 Å². The zero-order valence-corrected chi connectivity index (χ0v) is 21.3. The number of fused-ring (bicyclic) bond motifs is 1. The predicted octanol–water partition coefficient (Wildman–Crippen LogP) is 3.94. The number of amides is 2. The lowest BCUT2D eigenvalue weighted by Gasteiger charge is -2.34. The molecule has 0 radical (unpaired) electrons. The van der Waals surface area contributed by atoms with E-state index >= 15 is 0 Å². The summed E-state index contributed by atoms with van der Waals surface area (Å²) in [6.45, 7) is 4.09. The third-order valence-corrected chi connectivity index (χ3v) is 7.97. The molecule has 2 N–H and O–H groups in total. The third kappa shape index (κ3) is 5.05. The molecule has 0 spiro atoms. The van der Waals surface area contributed by atoms with Crippen LogP contribution in [0.2, 0.25) is 0 Å². The van der Waals surface area contributed by atoms with Gasteiger partial charge < -0.3 is 15.2 Å². The Morgan fingerprint density at radius 2 is 1.68 bits per heavy atom. The molecular weight excluding hydrogens is 491 g/mol. The Kier molecular flexibility index (Phi) is 6.90. The van der Waals surface area contributed by atoms with Crippen LogP contribution in [-0.2, 0) is 6.54 Å². The summed E-state index contributed by atoms with van der Waals surface area (Å²) in [5, 5.41) is 1.06. The van der Waals surface area contributed by atoms with E-state index < -0.39 is 5.91 Å². The lowest BCUT2D eigenvalue weighted by atomic mass is 10.2. The molecule has 5 rings (SSSR count). The Morgan fingerprint density at radius 1 is 0.973 bits per heavy atom. The number of thiophene rings is 1. The lowest BCUT2D eigenvalue weighted by molar-refractivity contribution is 0.0627. The van der Waals surface area contributed by atoms with Gasteiger partial charge in [0.25, 0.3) is 11.8 Å². The molecule has 190 valence electrons. The maximum Gasteiger partial charge on any atom is 0.264 e. The Morgan fingerprint density at radius 3 is 2.38 bits per heavy atom. The van der Waals surface area contributed by atoms with Crippen LogP contribution in [0.4, 0.5) is 4.39 Å². The number of carbonyl (C=O) groups excluding carboxylic acids is 3. The minimum atomic E-state index is -0.632. The van der Waals surface area contributed by atoms with Crippen molar-refractivity contribution in [1.29, 1.82) is 0 Å². The number of Topliss-reactive ketones (excluding diaryl/α,β-unsaturated/α-hetero) is 1. The minimum Gasteiger partial charge on any atom is -0.366 e. The number of nitrogens with two attached hydrogens (primary N) is 1. The second-order valence-electron chi connectivity index (χ2n) is 9.21. The summed E-state index contributed by atoms with van der Waals surface area (Å²) in [5.74, 6) is -1.19. The molecule has 4 aromatic rings. The highest BCUT2D eigenvalue weighted by molar-refractivity contribution is 7.20. The van der Waals surface area contributed by atoms with Gasteiger partial charge in [-0.2, -0.15) is 0 Å². The summed E-state index contributed by atoms with van der Waals surface area (Å²) in [7, 11) is 0. The fourth-order valence-electron chi connectivity index (χ4n) is 4.76. The van der Waals surface area contributed by atoms with Crippen molar-refractivity contribution in [2.24, 2.45) is 5.73 Å². The number of primary amides is 1. The van der Waals surface area contributed by atoms with Gasteiger partial charge in [-0.25, -0.2) is 4.39 Å². The quantitative estimate of drug-likeness (QED) is 0.376. The molecule has 1 fully saturated rings. The van der Waals surface area contributed by atoms with E-state index in [4.69, 9.17) is 5.73 Å². The number of rotatable bonds is 7. The standard InChI is InChI=1S/C28H27FN4O3S/c1-18-21(27(30)35)15-23(33(18)16-20-7-2-4-8-22(20)29)24(34)17-31-10-12-32(13-11-31)28(36)26-14-19-6-3-5-9-25(19)37-26/h2-9,14-15H,10-13,16-17H2,1H3,(H2,30,35). The van der Waals surface area contributed by atoms with Gasteiger partial charge in [0.05, 0.1) is 29.2 Å². The minimum absolute atomic E-state index is 0.00710. The first kappa shape index (κ1) is 24.9. The van der Waals surface area contributed by atoms with Crippen molar-refractivity contribution in [3.05, 3.63) is 93.9 Å².